The van der Waals surface area contributed by atoms with Crippen LogP contribution in [-0.2, 0) is 0 Å². The maximum atomic E-state index is 10.5. The van der Waals surface area contributed by atoms with Gasteiger partial charge in [0.25, 0.3) is 5.69 Å². The molecule has 0 spiro atoms. The molecule has 0 fully saturated rings. The molecule has 5 heteroatoms. The van der Waals surface area contributed by atoms with Crippen LogP contribution in [0.15, 0.2) is 21.1 Å². The highest BCUT2D eigenvalue weighted by molar-refractivity contribution is 9.13. The van der Waals surface area contributed by atoms with Gasteiger partial charge in [-0.05, 0) is 50.4 Å². The fraction of sp³-hybridized carbons (Fsp3) is 0.143. The van der Waals surface area contributed by atoms with E-state index >= 15 is 0 Å². The molecule has 1 rings (SSSR count). The zero-order valence-corrected chi connectivity index (χ0v) is 9.35. The quantitative estimate of drug-likeness (QED) is 0.588. The Kier molecular flexibility index (Phi) is 2.85. The Labute approximate surface area is 86.2 Å². The molecule has 1 aromatic rings. The lowest BCUT2D eigenvalue weighted by Gasteiger charge is -1.99. The summed E-state index contributed by atoms with van der Waals surface area (Å²) < 4.78 is 1.19. The lowest BCUT2D eigenvalue weighted by molar-refractivity contribution is -0.385. The Bertz CT molecular complexity index is 338. The number of aryl methyl sites for hydroxylation is 1. The molecule has 0 saturated heterocycles. The molecule has 0 radical (unpaired) electrons. The highest BCUT2D eigenvalue weighted by atomic mass is 79.9. The van der Waals surface area contributed by atoms with Crippen molar-refractivity contribution in [1.29, 1.82) is 0 Å². The van der Waals surface area contributed by atoms with Gasteiger partial charge in [0.1, 0.15) is 4.47 Å². The summed E-state index contributed by atoms with van der Waals surface area (Å²) in [6, 6.07) is 3.34. The van der Waals surface area contributed by atoms with Gasteiger partial charge in [-0.15, -0.1) is 0 Å². The van der Waals surface area contributed by atoms with Gasteiger partial charge in [0.05, 0.1) is 4.92 Å². The highest BCUT2D eigenvalue weighted by Crippen LogP contribution is 2.33. The van der Waals surface area contributed by atoms with Crippen molar-refractivity contribution in [2.24, 2.45) is 0 Å². The summed E-state index contributed by atoms with van der Waals surface area (Å²) in [6.45, 7) is 1.81. The molecule has 3 nitrogen and oxygen atoms in total. The van der Waals surface area contributed by atoms with Crippen LogP contribution in [0.1, 0.15) is 5.56 Å². The fourth-order valence-corrected chi connectivity index (χ4v) is 1.78. The topological polar surface area (TPSA) is 43.1 Å². The molecule has 0 aromatic heterocycles. The molecule has 0 aliphatic carbocycles. The number of rotatable bonds is 1. The Balaban J connectivity index is 3.37. The molecular weight excluding hydrogens is 290 g/mol. The van der Waals surface area contributed by atoms with Gasteiger partial charge in [0.2, 0.25) is 0 Å². The van der Waals surface area contributed by atoms with E-state index in [2.05, 4.69) is 31.9 Å². The first-order chi connectivity index (χ1) is 5.52. The molecule has 12 heavy (non-hydrogen) atoms. The summed E-state index contributed by atoms with van der Waals surface area (Å²) in [7, 11) is 0. The third kappa shape index (κ3) is 1.84. The zero-order chi connectivity index (χ0) is 9.30. The molecule has 0 unspecified atom stereocenters. The maximum Gasteiger partial charge on any atom is 0.284 e. The third-order valence-corrected chi connectivity index (χ3v) is 3.34. The molecule has 1 aromatic carbocycles. The van der Waals surface area contributed by atoms with Gasteiger partial charge in [-0.3, -0.25) is 10.1 Å². The summed E-state index contributed by atoms with van der Waals surface area (Å²) >= 11 is 6.34. The Morgan fingerprint density at radius 1 is 1.42 bits per heavy atom. The van der Waals surface area contributed by atoms with Crippen molar-refractivity contribution in [2.45, 2.75) is 6.92 Å². The molecule has 0 aliphatic rings. The van der Waals surface area contributed by atoms with E-state index in [4.69, 9.17) is 0 Å². The average molecular weight is 295 g/mol. The van der Waals surface area contributed by atoms with Crippen molar-refractivity contribution in [3.05, 3.63) is 36.8 Å². The summed E-state index contributed by atoms with van der Waals surface area (Å²) in [5.74, 6) is 0. The zero-order valence-electron chi connectivity index (χ0n) is 6.17. The number of halogens is 2. The molecule has 64 valence electrons. The van der Waals surface area contributed by atoms with E-state index in [0.29, 0.717) is 8.95 Å². The van der Waals surface area contributed by atoms with Gasteiger partial charge in [-0.1, -0.05) is 0 Å². The Morgan fingerprint density at radius 2 is 2.00 bits per heavy atom. The average Bonchev–Trinajstić information content (AvgIpc) is 1.96. The molecule has 0 heterocycles. The number of nitrogens with zero attached hydrogens (tertiary/aromatic N) is 1. The van der Waals surface area contributed by atoms with Crippen LogP contribution in [0.4, 0.5) is 5.69 Å². The normalized spacial score (nSPS) is 9.92. The third-order valence-electron chi connectivity index (χ3n) is 1.35. The van der Waals surface area contributed by atoms with Gasteiger partial charge in [-0.2, -0.15) is 0 Å². The monoisotopic (exact) mass is 293 g/mol. The number of nitro benzene ring substituents is 1. The van der Waals surface area contributed by atoms with Crippen molar-refractivity contribution in [3.8, 4) is 0 Å². The Morgan fingerprint density at radius 3 is 2.50 bits per heavy atom. The van der Waals surface area contributed by atoms with Crippen LogP contribution in [0.3, 0.4) is 0 Å². The van der Waals surface area contributed by atoms with E-state index in [1.165, 1.54) is 6.07 Å². The second-order valence-corrected chi connectivity index (χ2v) is 3.98. The van der Waals surface area contributed by atoms with Crippen LogP contribution in [0.5, 0.6) is 0 Å². The van der Waals surface area contributed by atoms with Gasteiger partial charge >= 0.3 is 0 Å². The van der Waals surface area contributed by atoms with Crippen molar-refractivity contribution in [3.63, 3.8) is 0 Å². The van der Waals surface area contributed by atoms with Crippen LogP contribution in [0.25, 0.3) is 0 Å². The maximum absolute atomic E-state index is 10.5. The van der Waals surface area contributed by atoms with E-state index in [9.17, 15) is 10.1 Å². The minimum absolute atomic E-state index is 0.0851. The lowest BCUT2D eigenvalue weighted by atomic mass is 10.2. The minimum Gasteiger partial charge on any atom is -0.258 e. The minimum atomic E-state index is -0.415. The molecule has 0 N–H and O–H groups in total. The van der Waals surface area contributed by atoms with E-state index in [1.807, 2.05) is 13.0 Å². The SMILES string of the molecule is Cc1cc(Br)c(Br)c([N+](=O)[O-])c1. The summed E-state index contributed by atoms with van der Waals surface area (Å²) in [6.07, 6.45) is 0. The number of hydrogen-bond donors (Lipinski definition) is 0. The van der Waals surface area contributed by atoms with Gasteiger partial charge in [-0.25, -0.2) is 0 Å². The second-order valence-electron chi connectivity index (χ2n) is 2.34. The smallest absolute Gasteiger partial charge is 0.258 e. The first kappa shape index (κ1) is 9.67. The molecule has 0 bridgehead atoms. The van der Waals surface area contributed by atoms with Crippen molar-refractivity contribution in [2.75, 3.05) is 0 Å². The van der Waals surface area contributed by atoms with Crippen molar-refractivity contribution >= 4 is 37.5 Å². The van der Waals surface area contributed by atoms with Crippen LogP contribution in [0.2, 0.25) is 0 Å². The summed E-state index contributed by atoms with van der Waals surface area (Å²) in [5, 5.41) is 10.5. The van der Waals surface area contributed by atoms with Crippen molar-refractivity contribution < 1.29 is 4.92 Å². The van der Waals surface area contributed by atoms with Gasteiger partial charge in [0, 0.05) is 10.5 Å². The molecular formula is C7H5Br2NO2. The molecule has 0 atom stereocenters. The largest absolute Gasteiger partial charge is 0.284 e. The molecule has 0 amide bonds. The lowest BCUT2D eigenvalue weighted by Crippen LogP contribution is -1.90. The van der Waals surface area contributed by atoms with Crippen molar-refractivity contribution in [1.82, 2.24) is 0 Å². The highest BCUT2D eigenvalue weighted by Gasteiger charge is 2.14. The first-order valence-corrected chi connectivity index (χ1v) is 4.71. The van der Waals surface area contributed by atoms with E-state index in [1.54, 1.807) is 0 Å². The standard InChI is InChI=1S/C7H5Br2NO2/c1-4-2-5(8)7(9)6(3-4)10(11)12/h2-3H,1H3. The summed E-state index contributed by atoms with van der Waals surface area (Å²) in [4.78, 5) is 10.1. The van der Waals surface area contributed by atoms with E-state index in [-0.39, 0.29) is 5.69 Å². The van der Waals surface area contributed by atoms with E-state index in [0.717, 1.165) is 5.56 Å². The molecule has 0 aliphatic heterocycles. The second kappa shape index (κ2) is 3.53. The number of nitro groups is 1. The van der Waals surface area contributed by atoms with Crippen LogP contribution < -0.4 is 0 Å². The summed E-state index contributed by atoms with van der Waals surface area (Å²) in [5.41, 5.74) is 0.943. The number of benzene rings is 1. The van der Waals surface area contributed by atoms with Crippen LogP contribution >= 0.6 is 31.9 Å². The van der Waals surface area contributed by atoms with E-state index < -0.39 is 4.92 Å². The Hall–Kier alpha value is -0.420. The van der Waals surface area contributed by atoms with Gasteiger partial charge < -0.3 is 0 Å². The fourth-order valence-electron chi connectivity index (χ4n) is 0.839. The predicted octanol–water partition coefficient (Wildman–Crippen LogP) is 3.43. The van der Waals surface area contributed by atoms with Crippen LogP contribution in [0, 0.1) is 17.0 Å². The number of hydrogen-bond acceptors (Lipinski definition) is 2. The van der Waals surface area contributed by atoms with Crippen LogP contribution in [-0.4, -0.2) is 4.92 Å². The van der Waals surface area contributed by atoms with Gasteiger partial charge in [0.15, 0.2) is 0 Å². The first-order valence-electron chi connectivity index (χ1n) is 3.12. The predicted molar refractivity (Wildman–Crippen MR) is 53.2 cm³/mol. The molecule has 0 saturated carbocycles.